The number of hydrogen-bond acceptors (Lipinski definition) is 8. The molecule has 3 aromatic rings. The Labute approximate surface area is 163 Å². The van der Waals surface area contributed by atoms with Gasteiger partial charge in [0, 0.05) is 18.8 Å². The third kappa shape index (κ3) is 4.53. The summed E-state index contributed by atoms with van der Waals surface area (Å²) in [5.41, 5.74) is 4.63. The van der Waals surface area contributed by atoms with Crippen molar-refractivity contribution in [1.82, 2.24) is 15.0 Å². The molecule has 1 aliphatic heterocycles. The maximum atomic E-state index is 9.35. The van der Waals surface area contributed by atoms with Crippen molar-refractivity contribution in [1.29, 1.82) is 0 Å². The van der Waals surface area contributed by atoms with Crippen LogP contribution in [0.15, 0.2) is 59.7 Å². The molecule has 0 bridgehead atoms. The van der Waals surface area contributed by atoms with Crippen molar-refractivity contribution in [2.75, 3.05) is 28.7 Å². The maximum absolute atomic E-state index is 9.35. The number of benzene rings is 2. The van der Waals surface area contributed by atoms with Crippen molar-refractivity contribution < 1.29 is 5.11 Å². The van der Waals surface area contributed by atoms with Crippen LogP contribution in [0.2, 0.25) is 0 Å². The molecule has 28 heavy (non-hydrogen) atoms. The molecule has 0 aliphatic carbocycles. The lowest BCUT2D eigenvalue weighted by molar-refractivity contribution is 0.475. The van der Waals surface area contributed by atoms with E-state index in [1.165, 1.54) is 0 Å². The lowest BCUT2D eigenvalue weighted by Gasteiger charge is -2.16. The van der Waals surface area contributed by atoms with Crippen molar-refractivity contribution in [2.45, 2.75) is 12.8 Å². The van der Waals surface area contributed by atoms with Crippen LogP contribution in [0.25, 0.3) is 0 Å². The van der Waals surface area contributed by atoms with E-state index in [-0.39, 0.29) is 5.75 Å². The Kier molecular flexibility index (Phi) is 5.28. The second-order valence-corrected chi connectivity index (χ2v) is 6.43. The highest BCUT2D eigenvalue weighted by Gasteiger charge is 2.17. The molecule has 0 radical (unpaired) electrons. The number of phenols is 1. The Morgan fingerprint density at radius 3 is 2.36 bits per heavy atom. The molecular formula is C20H21N7O. The Morgan fingerprint density at radius 2 is 1.61 bits per heavy atom. The molecule has 2 heterocycles. The molecule has 2 aromatic carbocycles. The average molecular weight is 375 g/mol. The molecule has 1 aromatic heterocycles. The first-order valence-corrected chi connectivity index (χ1v) is 9.17. The largest absolute Gasteiger partial charge is 0.508 e. The molecule has 1 fully saturated rings. The Bertz CT molecular complexity index is 939. The third-order valence-electron chi connectivity index (χ3n) is 4.31. The number of para-hydroxylation sites is 1. The summed E-state index contributed by atoms with van der Waals surface area (Å²) in [5, 5.41) is 16.8. The second-order valence-electron chi connectivity index (χ2n) is 6.43. The third-order valence-corrected chi connectivity index (χ3v) is 4.31. The van der Waals surface area contributed by atoms with E-state index in [0.717, 1.165) is 37.2 Å². The highest BCUT2D eigenvalue weighted by atomic mass is 16.3. The van der Waals surface area contributed by atoms with Crippen LogP contribution in [-0.4, -0.2) is 39.4 Å². The van der Waals surface area contributed by atoms with Crippen LogP contribution in [0.5, 0.6) is 5.75 Å². The molecule has 8 heteroatoms. The van der Waals surface area contributed by atoms with Crippen LogP contribution in [0.4, 0.5) is 23.5 Å². The molecule has 0 atom stereocenters. The van der Waals surface area contributed by atoms with Crippen molar-refractivity contribution >= 4 is 29.7 Å². The Hall–Kier alpha value is -3.68. The van der Waals surface area contributed by atoms with Crippen LogP contribution < -0.4 is 15.6 Å². The van der Waals surface area contributed by atoms with Gasteiger partial charge in [-0.1, -0.05) is 18.2 Å². The summed E-state index contributed by atoms with van der Waals surface area (Å²) in [6.07, 6.45) is 3.91. The van der Waals surface area contributed by atoms with E-state index in [4.69, 9.17) is 0 Å². The van der Waals surface area contributed by atoms with E-state index >= 15 is 0 Å². The molecule has 1 saturated heterocycles. The van der Waals surface area contributed by atoms with Crippen LogP contribution in [-0.2, 0) is 0 Å². The molecule has 142 valence electrons. The maximum Gasteiger partial charge on any atom is 0.250 e. The average Bonchev–Trinajstić information content (AvgIpc) is 3.25. The van der Waals surface area contributed by atoms with Gasteiger partial charge in [-0.2, -0.15) is 20.1 Å². The monoisotopic (exact) mass is 375 g/mol. The van der Waals surface area contributed by atoms with Crippen molar-refractivity contribution in [3.8, 4) is 5.75 Å². The first kappa shape index (κ1) is 17.7. The van der Waals surface area contributed by atoms with Gasteiger partial charge in [-0.05, 0) is 54.8 Å². The number of anilines is 4. The Morgan fingerprint density at radius 1 is 0.893 bits per heavy atom. The summed E-state index contributed by atoms with van der Waals surface area (Å²) >= 11 is 0. The normalized spacial score (nSPS) is 13.8. The summed E-state index contributed by atoms with van der Waals surface area (Å²) < 4.78 is 0. The molecular weight excluding hydrogens is 354 g/mol. The smallest absolute Gasteiger partial charge is 0.250 e. The number of hydrogen-bond donors (Lipinski definition) is 3. The molecule has 3 N–H and O–H groups in total. The van der Waals surface area contributed by atoms with Crippen molar-refractivity contribution in [3.05, 3.63) is 60.2 Å². The van der Waals surface area contributed by atoms with Gasteiger partial charge in [0.25, 0.3) is 0 Å². The minimum atomic E-state index is 0.217. The minimum Gasteiger partial charge on any atom is -0.508 e. The summed E-state index contributed by atoms with van der Waals surface area (Å²) in [7, 11) is 0. The number of nitrogens with zero attached hydrogens (tertiary/aromatic N) is 5. The summed E-state index contributed by atoms with van der Waals surface area (Å²) in [5.74, 6) is 1.68. The Balaban J connectivity index is 1.55. The van der Waals surface area contributed by atoms with Crippen LogP contribution in [0.3, 0.4) is 0 Å². The van der Waals surface area contributed by atoms with E-state index in [2.05, 4.69) is 35.7 Å². The molecule has 8 nitrogen and oxygen atoms in total. The number of phenolic OH excluding ortho intramolecular Hbond substituents is 1. The zero-order valence-corrected chi connectivity index (χ0v) is 15.3. The van der Waals surface area contributed by atoms with Crippen molar-refractivity contribution in [3.63, 3.8) is 0 Å². The van der Waals surface area contributed by atoms with Gasteiger partial charge in [0.15, 0.2) is 0 Å². The highest BCUT2D eigenvalue weighted by molar-refractivity contribution is 5.80. The van der Waals surface area contributed by atoms with E-state index < -0.39 is 0 Å². The van der Waals surface area contributed by atoms with E-state index in [1.807, 2.05) is 30.3 Å². The van der Waals surface area contributed by atoms with Crippen LogP contribution in [0, 0.1) is 0 Å². The van der Waals surface area contributed by atoms with Gasteiger partial charge >= 0.3 is 0 Å². The molecule has 0 unspecified atom stereocenters. The van der Waals surface area contributed by atoms with E-state index in [1.54, 1.807) is 30.5 Å². The summed E-state index contributed by atoms with van der Waals surface area (Å²) in [6, 6.07) is 16.5. The lowest BCUT2D eigenvalue weighted by Crippen LogP contribution is -2.21. The fourth-order valence-corrected chi connectivity index (χ4v) is 2.90. The minimum absolute atomic E-state index is 0.217. The topological polar surface area (TPSA) is 98.6 Å². The van der Waals surface area contributed by atoms with Gasteiger partial charge in [-0.15, -0.1) is 0 Å². The first-order valence-electron chi connectivity index (χ1n) is 9.17. The number of rotatable bonds is 6. The summed E-state index contributed by atoms with van der Waals surface area (Å²) in [6.45, 7) is 1.87. The van der Waals surface area contributed by atoms with Crippen molar-refractivity contribution in [2.24, 2.45) is 5.10 Å². The standard InChI is InChI=1S/C20H21N7O/c28-17-10-8-15(9-11-17)14-21-26-19-23-18(22-16-6-2-1-3-7-16)24-20(25-19)27-12-4-5-13-27/h1-3,6-11,14,28H,4-5,12-13H2,(H2,22,23,24,25,26). The van der Waals surface area contributed by atoms with Gasteiger partial charge in [0.1, 0.15) is 5.75 Å². The van der Waals surface area contributed by atoms with E-state index in [9.17, 15) is 5.11 Å². The fourth-order valence-electron chi connectivity index (χ4n) is 2.90. The molecule has 1 aliphatic rings. The molecule has 0 amide bonds. The van der Waals surface area contributed by atoms with E-state index in [0.29, 0.717) is 17.8 Å². The summed E-state index contributed by atoms with van der Waals surface area (Å²) in [4.78, 5) is 15.6. The van der Waals surface area contributed by atoms with Crippen LogP contribution >= 0.6 is 0 Å². The van der Waals surface area contributed by atoms with Gasteiger partial charge < -0.3 is 15.3 Å². The quantitative estimate of drug-likeness (QED) is 0.449. The number of aromatic hydroxyl groups is 1. The second kappa shape index (κ2) is 8.34. The first-order chi connectivity index (χ1) is 13.8. The van der Waals surface area contributed by atoms with Gasteiger partial charge in [-0.25, -0.2) is 5.43 Å². The van der Waals surface area contributed by atoms with Gasteiger partial charge in [0.2, 0.25) is 17.8 Å². The molecule has 0 spiro atoms. The number of aromatic nitrogens is 3. The molecule has 0 saturated carbocycles. The SMILES string of the molecule is Oc1ccc(C=NNc2nc(Nc3ccccc3)nc(N3CCCC3)n2)cc1. The van der Waals surface area contributed by atoms with Gasteiger partial charge in [-0.3, -0.25) is 0 Å². The predicted molar refractivity (Wildman–Crippen MR) is 110 cm³/mol. The zero-order valence-electron chi connectivity index (χ0n) is 15.3. The zero-order chi connectivity index (χ0) is 19.2. The lowest BCUT2D eigenvalue weighted by atomic mass is 10.2. The predicted octanol–water partition coefficient (Wildman–Crippen LogP) is 3.37. The molecule has 4 rings (SSSR count). The highest BCUT2D eigenvalue weighted by Crippen LogP contribution is 2.20. The number of nitrogens with one attached hydrogen (secondary N) is 2. The number of hydrazone groups is 1. The fraction of sp³-hybridized carbons (Fsp3) is 0.200. The van der Waals surface area contributed by atoms with Gasteiger partial charge in [0.05, 0.1) is 6.21 Å². The van der Waals surface area contributed by atoms with Crippen LogP contribution in [0.1, 0.15) is 18.4 Å².